The van der Waals surface area contributed by atoms with Crippen LogP contribution in [0.1, 0.15) is 36.5 Å². The fourth-order valence-corrected chi connectivity index (χ4v) is 2.59. The van der Waals surface area contributed by atoms with Gasteiger partial charge in [0.15, 0.2) is 0 Å². The largest absolute Gasteiger partial charge is 0.481 e. The van der Waals surface area contributed by atoms with Crippen molar-refractivity contribution in [2.45, 2.75) is 26.2 Å². The number of carbonyl (C=O) groups is 3. The number of carbonyl (C=O) groups excluding carboxylic acids is 2. The lowest BCUT2D eigenvalue weighted by Crippen LogP contribution is -2.21. The number of hydrogen-bond donors (Lipinski definition) is 2. The van der Waals surface area contributed by atoms with Crippen molar-refractivity contribution in [2.24, 2.45) is 11.8 Å². The monoisotopic (exact) mass is 305 g/mol. The van der Waals surface area contributed by atoms with Crippen LogP contribution in [-0.2, 0) is 14.3 Å². The maximum Gasteiger partial charge on any atom is 0.338 e. The fourth-order valence-electron chi connectivity index (χ4n) is 2.59. The number of hydrogen-bond acceptors (Lipinski definition) is 4. The predicted octanol–water partition coefficient (Wildman–Crippen LogP) is 2.30. The van der Waals surface area contributed by atoms with Crippen molar-refractivity contribution in [1.82, 2.24) is 0 Å². The highest BCUT2D eigenvalue weighted by Gasteiger charge is 2.33. The van der Waals surface area contributed by atoms with Gasteiger partial charge in [-0.25, -0.2) is 4.79 Å². The van der Waals surface area contributed by atoms with Crippen molar-refractivity contribution in [3.05, 3.63) is 29.8 Å². The molecule has 1 aliphatic carbocycles. The minimum Gasteiger partial charge on any atom is -0.481 e. The Morgan fingerprint density at radius 3 is 2.36 bits per heavy atom. The van der Waals surface area contributed by atoms with Gasteiger partial charge in [0.25, 0.3) is 0 Å². The van der Waals surface area contributed by atoms with E-state index >= 15 is 0 Å². The maximum absolute atomic E-state index is 12.1. The van der Waals surface area contributed by atoms with Crippen molar-refractivity contribution in [1.29, 1.82) is 0 Å². The van der Waals surface area contributed by atoms with Gasteiger partial charge in [-0.05, 0) is 50.5 Å². The normalized spacial score (nSPS) is 20.4. The number of carboxylic acid groups (broad SMARTS) is 1. The molecule has 2 atom stereocenters. The van der Waals surface area contributed by atoms with E-state index < -0.39 is 17.9 Å². The SMILES string of the molecule is CCOC(=O)c1ccc(NC(=O)[C@@H]2CC[C@H](C(=O)O)C2)cc1. The highest BCUT2D eigenvalue weighted by atomic mass is 16.5. The average molecular weight is 305 g/mol. The molecule has 118 valence electrons. The first-order valence-electron chi connectivity index (χ1n) is 7.32. The van der Waals surface area contributed by atoms with Crippen molar-refractivity contribution in [3.63, 3.8) is 0 Å². The molecular weight excluding hydrogens is 286 g/mol. The predicted molar refractivity (Wildman–Crippen MR) is 79.5 cm³/mol. The van der Waals surface area contributed by atoms with E-state index in [2.05, 4.69) is 5.32 Å². The highest BCUT2D eigenvalue weighted by Crippen LogP contribution is 2.31. The van der Waals surface area contributed by atoms with Crippen LogP contribution < -0.4 is 5.32 Å². The molecule has 1 aromatic rings. The summed E-state index contributed by atoms with van der Waals surface area (Å²) >= 11 is 0. The Kier molecular flexibility index (Phi) is 5.14. The molecule has 0 bridgehead atoms. The number of carboxylic acids is 1. The molecule has 0 radical (unpaired) electrons. The Bertz CT molecular complexity index is 566. The Labute approximate surface area is 128 Å². The summed E-state index contributed by atoms with van der Waals surface area (Å²) in [6.45, 7) is 2.04. The second-order valence-electron chi connectivity index (χ2n) is 5.33. The first-order valence-corrected chi connectivity index (χ1v) is 7.32. The van der Waals surface area contributed by atoms with Gasteiger partial charge in [-0.2, -0.15) is 0 Å². The van der Waals surface area contributed by atoms with Crippen LogP contribution in [0.3, 0.4) is 0 Å². The molecule has 1 saturated carbocycles. The highest BCUT2D eigenvalue weighted by molar-refractivity contribution is 5.94. The molecule has 0 aliphatic heterocycles. The lowest BCUT2D eigenvalue weighted by molar-refractivity contribution is -0.141. The number of ether oxygens (including phenoxy) is 1. The molecule has 0 unspecified atom stereocenters. The molecule has 22 heavy (non-hydrogen) atoms. The van der Waals surface area contributed by atoms with Gasteiger partial charge >= 0.3 is 11.9 Å². The van der Waals surface area contributed by atoms with E-state index in [1.165, 1.54) is 0 Å². The molecule has 0 saturated heterocycles. The van der Waals surface area contributed by atoms with E-state index in [0.29, 0.717) is 37.1 Å². The Hall–Kier alpha value is -2.37. The Balaban J connectivity index is 1.92. The number of rotatable bonds is 5. The van der Waals surface area contributed by atoms with Gasteiger partial charge in [0.1, 0.15) is 0 Å². The third-order valence-corrected chi connectivity index (χ3v) is 3.82. The van der Waals surface area contributed by atoms with E-state index in [4.69, 9.17) is 9.84 Å². The molecule has 0 spiro atoms. The molecule has 2 rings (SSSR count). The summed E-state index contributed by atoms with van der Waals surface area (Å²) in [5.41, 5.74) is 1.00. The number of amides is 1. The number of nitrogens with one attached hydrogen (secondary N) is 1. The molecule has 6 heteroatoms. The van der Waals surface area contributed by atoms with Gasteiger partial charge in [0.2, 0.25) is 5.91 Å². The first-order chi connectivity index (χ1) is 10.5. The summed E-state index contributed by atoms with van der Waals surface area (Å²) < 4.78 is 4.88. The summed E-state index contributed by atoms with van der Waals surface area (Å²) in [5.74, 6) is -2.12. The molecule has 2 N–H and O–H groups in total. The molecule has 1 fully saturated rings. The van der Waals surface area contributed by atoms with Gasteiger partial charge in [-0.3, -0.25) is 9.59 Å². The number of anilines is 1. The van der Waals surface area contributed by atoms with Crippen molar-refractivity contribution < 1.29 is 24.2 Å². The van der Waals surface area contributed by atoms with Gasteiger partial charge in [-0.15, -0.1) is 0 Å². The molecule has 0 heterocycles. The summed E-state index contributed by atoms with van der Waals surface area (Å²) in [5, 5.41) is 11.7. The zero-order chi connectivity index (χ0) is 16.1. The molecule has 1 amide bonds. The molecule has 6 nitrogen and oxygen atoms in total. The minimum atomic E-state index is -0.839. The lowest BCUT2D eigenvalue weighted by atomic mass is 10.0. The zero-order valence-electron chi connectivity index (χ0n) is 12.4. The van der Waals surface area contributed by atoms with Gasteiger partial charge in [0.05, 0.1) is 18.1 Å². The molecule has 1 aliphatic rings. The first kappa shape index (κ1) is 16.0. The van der Waals surface area contributed by atoms with Crippen molar-refractivity contribution in [3.8, 4) is 0 Å². The lowest BCUT2D eigenvalue weighted by Gasteiger charge is -2.11. The zero-order valence-corrected chi connectivity index (χ0v) is 12.4. The molecule has 1 aromatic carbocycles. The second kappa shape index (κ2) is 7.06. The van der Waals surface area contributed by atoms with Crippen LogP contribution in [0, 0.1) is 11.8 Å². The van der Waals surface area contributed by atoms with Gasteiger partial charge in [0, 0.05) is 11.6 Å². The molecular formula is C16H19NO5. The van der Waals surface area contributed by atoms with Crippen LogP contribution in [0.5, 0.6) is 0 Å². The summed E-state index contributed by atoms with van der Waals surface area (Å²) in [4.78, 5) is 34.5. The quantitative estimate of drug-likeness (QED) is 0.814. The fraction of sp³-hybridized carbons (Fsp3) is 0.438. The number of aliphatic carboxylic acids is 1. The van der Waals surface area contributed by atoms with E-state index in [0.717, 1.165) is 0 Å². The number of benzene rings is 1. The second-order valence-corrected chi connectivity index (χ2v) is 5.33. The van der Waals surface area contributed by atoms with Crippen LogP contribution in [0.25, 0.3) is 0 Å². The van der Waals surface area contributed by atoms with E-state index in [1.54, 1.807) is 31.2 Å². The van der Waals surface area contributed by atoms with E-state index in [1.807, 2.05) is 0 Å². The van der Waals surface area contributed by atoms with Crippen molar-refractivity contribution >= 4 is 23.5 Å². The average Bonchev–Trinajstić information content (AvgIpc) is 2.98. The van der Waals surface area contributed by atoms with Crippen LogP contribution in [-0.4, -0.2) is 29.6 Å². The standard InChI is InChI=1S/C16H19NO5/c1-2-22-16(21)10-5-7-13(8-6-10)17-14(18)11-3-4-12(9-11)15(19)20/h5-8,11-12H,2-4,9H2,1H3,(H,17,18)(H,19,20)/t11-,12+/m1/s1. The van der Waals surface area contributed by atoms with Crippen LogP contribution in [0.4, 0.5) is 5.69 Å². The summed E-state index contributed by atoms with van der Waals surface area (Å²) in [6.07, 6.45) is 1.50. The van der Waals surface area contributed by atoms with E-state index in [-0.39, 0.29) is 11.8 Å². The summed E-state index contributed by atoms with van der Waals surface area (Å²) in [7, 11) is 0. The van der Waals surface area contributed by atoms with Gasteiger partial charge in [-0.1, -0.05) is 0 Å². The van der Waals surface area contributed by atoms with Gasteiger partial charge < -0.3 is 15.2 Å². The minimum absolute atomic E-state index is 0.173. The Morgan fingerprint density at radius 1 is 1.18 bits per heavy atom. The van der Waals surface area contributed by atoms with E-state index in [9.17, 15) is 14.4 Å². The third kappa shape index (κ3) is 3.84. The van der Waals surface area contributed by atoms with Crippen LogP contribution in [0.2, 0.25) is 0 Å². The third-order valence-electron chi connectivity index (χ3n) is 3.82. The summed E-state index contributed by atoms with van der Waals surface area (Å²) in [6, 6.07) is 6.44. The van der Waals surface area contributed by atoms with Crippen LogP contribution in [0.15, 0.2) is 24.3 Å². The van der Waals surface area contributed by atoms with Crippen LogP contribution >= 0.6 is 0 Å². The topological polar surface area (TPSA) is 92.7 Å². The number of esters is 1. The Morgan fingerprint density at radius 2 is 1.82 bits per heavy atom. The maximum atomic E-state index is 12.1. The van der Waals surface area contributed by atoms with Crippen molar-refractivity contribution in [2.75, 3.05) is 11.9 Å². The molecule has 0 aromatic heterocycles. The smallest absolute Gasteiger partial charge is 0.338 e.